The van der Waals surface area contributed by atoms with Crippen LogP contribution in [0.15, 0.2) is 77.7 Å². The molecule has 7 heteroatoms. The van der Waals surface area contributed by atoms with Crippen LogP contribution in [0.4, 0.5) is 11.4 Å². The molecule has 0 fully saturated rings. The van der Waals surface area contributed by atoms with Crippen molar-refractivity contribution in [2.45, 2.75) is 11.8 Å². The average Bonchev–Trinajstić information content (AvgIpc) is 2.70. The summed E-state index contributed by atoms with van der Waals surface area (Å²) < 4.78 is 27.5. The Balaban J connectivity index is 1.97. The van der Waals surface area contributed by atoms with Crippen molar-refractivity contribution in [1.29, 1.82) is 0 Å². The molecule has 0 aromatic heterocycles. The highest BCUT2D eigenvalue weighted by Gasteiger charge is 2.27. The van der Waals surface area contributed by atoms with Gasteiger partial charge in [0, 0.05) is 17.8 Å². The van der Waals surface area contributed by atoms with Gasteiger partial charge in [-0.05, 0) is 55.0 Å². The Morgan fingerprint density at radius 2 is 1.61 bits per heavy atom. The van der Waals surface area contributed by atoms with E-state index in [0.29, 0.717) is 16.4 Å². The van der Waals surface area contributed by atoms with Crippen LogP contribution >= 0.6 is 11.6 Å². The number of anilines is 2. The van der Waals surface area contributed by atoms with Crippen LogP contribution in [0.5, 0.6) is 0 Å². The summed E-state index contributed by atoms with van der Waals surface area (Å²) in [6.45, 7) is 1.81. The summed E-state index contributed by atoms with van der Waals surface area (Å²) in [5.74, 6) is -0.508. The standard InChI is InChI=1S/C21H19ClN2O3S/c1-15-14-16(22)12-13-19(15)23-21(25)18-10-6-7-11-20(18)28(26,27)24(2)17-8-4-3-5-9-17/h3-14H,1-2H3,(H,23,25). The van der Waals surface area contributed by atoms with E-state index in [0.717, 1.165) is 9.87 Å². The van der Waals surface area contributed by atoms with Crippen LogP contribution in [-0.4, -0.2) is 21.4 Å². The topological polar surface area (TPSA) is 66.5 Å². The van der Waals surface area contributed by atoms with Crippen molar-refractivity contribution in [3.63, 3.8) is 0 Å². The van der Waals surface area contributed by atoms with Gasteiger partial charge in [0.15, 0.2) is 0 Å². The number of rotatable bonds is 5. The van der Waals surface area contributed by atoms with Crippen LogP contribution in [-0.2, 0) is 10.0 Å². The number of halogens is 1. The van der Waals surface area contributed by atoms with Crippen molar-refractivity contribution in [2.24, 2.45) is 0 Å². The Kier molecular flexibility index (Phi) is 5.72. The highest BCUT2D eigenvalue weighted by Crippen LogP contribution is 2.26. The molecule has 0 atom stereocenters. The molecular formula is C21H19ClN2O3S. The minimum atomic E-state index is -3.93. The maximum absolute atomic E-state index is 13.2. The lowest BCUT2D eigenvalue weighted by atomic mass is 10.1. The fourth-order valence-electron chi connectivity index (χ4n) is 2.76. The number of para-hydroxylation sites is 1. The third-order valence-electron chi connectivity index (χ3n) is 4.33. The van der Waals surface area contributed by atoms with Crippen molar-refractivity contribution in [3.8, 4) is 0 Å². The minimum absolute atomic E-state index is 0.0644. The van der Waals surface area contributed by atoms with Gasteiger partial charge in [-0.1, -0.05) is 41.9 Å². The summed E-state index contributed by atoms with van der Waals surface area (Å²) in [5.41, 5.74) is 1.92. The first-order valence-corrected chi connectivity index (χ1v) is 10.3. The zero-order chi connectivity index (χ0) is 20.3. The maximum atomic E-state index is 13.2. The molecule has 28 heavy (non-hydrogen) atoms. The molecule has 3 aromatic rings. The van der Waals surface area contributed by atoms with Crippen molar-refractivity contribution >= 4 is 38.9 Å². The summed E-state index contributed by atoms with van der Waals surface area (Å²) in [5, 5.41) is 3.32. The van der Waals surface area contributed by atoms with E-state index in [9.17, 15) is 13.2 Å². The van der Waals surface area contributed by atoms with Crippen LogP contribution in [0, 0.1) is 6.92 Å². The lowest BCUT2D eigenvalue weighted by molar-refractivity contribution is 0.102. The fourth-order valence-corrected chi connectivity index (χ4v) is 4.37. The van der Waals surface area contributed by atoms with Crippen LogP contribution in [0.3, 0.4) is 0 Å². The zero-order valence-electron chi connectivity index (χ0n) is 15.4. The van der Waals surface area contributed by atoms with Gasteiger partial charge < -0.3 is 5.32 Å². The van der Waals surface area contributed by atoms with E-state index in [1.54, 1.807) is 60.7 Å². The number of nitrogens with zero attached hydrogens (tertiary/aromatic N) is 1. The third-order valence-corrected chi connectivity index (χ3v) is 6.41. The molecule has 0 aliphatic rings. The molecule has 3 aromatic carbocycles. The molecule has 1 N–H and O–H groups in total. The summed E-state index contributed by atoms with van der Waals surface area (Å²) in [4.78, 5) is 12.8. The molecule has 0 saturated heterocycles. The molecule has 3 rings (SSSR count). The molecule has 0 saturated carbocycles. The van der Waals surface area contributed by atoms with Gasteiger partial charge in [0.05, 0.1) is 11.3 Å². The maximum Gasteiger partial charge on any atom is 0.264 e. The molecule has 1 amide bonds. The number of hydrogen-bond donors (Lipinski definition) is 1. The molecule has 144 valence electrons. The SMILES string of the molecule is Cc1cc(Cl)ccc1NC(=O)c1ccccc1S(=O)(=O)N(C)c1ccccc1. The van der Waals surface area contributed by atoms with E-state index in [4.69, 9.17) is 11.6 Å². The monoisotopic (exact) mass is 414 g/mol. The number of hydrogen-bond acceptors (Lipinski definition) is 3. The summed E-state index contributed by atoms with van der Waals surface area (Å²) in [7, 11) is -2.46. The lowest BCUT2D eigenvalue weighted by Gasteiger charge is -2.21. The van der Waals surface area contributed by atoms with Gasteiger partial charge >= 0.3 is 0 Å². The highest BCUT2D eigenvalue weighted by atomic mass is 35.5. The largest absolute Gasteiger partial charge is 0.322 e. The van der Waals surface area contributed by atoms with Crippen LogP contribution in [0.1, 0.15) is 15.9 Å². The zero-order valence-corrected chi connectivity index (χ0v) is 17.0. The van der Waals surface area contributed by atoms with E-state index < -0.39 is 15.9 Å². The molecule has 0 aliphatic carbocycles. The Morgan fingerprint density at radius 3 is 2.29 bits per heavy atom. The van der Waals surface area contributed by atoms with Crippen molar-refractivity contribution in [3.05, 3.63) is 88.9 Å². The van der Waals surface area contributed by atoms with Gasteiger partial charge in [0.2, 0.25) is 0 Å². The van der Waals surface area contributed by atoms with E-state index in [2.05, 4.69) is 5.32 Å². The first-order valence-electron chi connectivity index (χ1n) is 8.51. The first-order chi connectivity index (χ1) is 13.3. The molecule has 0 aliphatic heterocycles. The van der Waals surface area contributed by atoms with Crippen LogP contribution in [0.25, 0.3) is 0 Å². The van der Waals surface area contributed by atoms with E-state index >= 15 is 0 Å². The third kappa shape index (κ3) is 4.03. The van der Waals surface area contributed by atoms with Crippen LogP contribution in [0.2, 0.25) is 5.02 Å². The lowest BCUT2D eigenvalue weighted by Crippen LogP contribution is -2.29. The smallest absolute Gasteiger partial charge is 0.264 e. The Labute approximate surface area is 169 Å². The van der Waals surface area contributed by atoms with Gasteiger partial charge in [-0.2, -0.15) is 0 Å². The van der Waals surface area contributed by atoms with E-state index in [1.165, 1.54) is 19.2 Å². The fraction of sp³-hybridized carbons (Fsp3) is 0.0952. The molecule has 0 heterocycles. The van der Waals surface area contributed by atoms with Crippen molar-refractivity contribution < 1.29 is 13.2 Å². The van der Waals surface area contributed by atoms with Crippen molar-refractivity contribution in [2.75, 3.05) is 16.7 Å². The highest BCUT2D eigenvalue weighted by molar-refractivity contribution is 7.92. The molecule has 0 radical (unpaired) electrons. The molecular weight excluding hydrogens is 396 g/mol. The Hall–Kier alpha value is -2.83. The van der Waals surface area contributed by atoms with Gasteiger partial charge in [-0.15, -0.1) is 0 Å². The number of sulfonamides is 1. The van der Waals surface area contributed by atoms with Gasteiger partial charge in [-0.25, -0.2) is 8.42 Å². The molecule has 5 nitrogen and oxygen atoms in total. The number of benzene rings is 3. The summed E-state index contributed by atoms with van der Waals surface area (Å²) in [6.07, 6.45) is 0. The van der Waals surface area contributed by atoms with Crippen LogP contribution < -0.4 is 9.62 Å². The second kappa shape index (κ2) is 8.04. The number of carbonyl (C=O) groups is 1. The van der Waals surface area contributed by atoms with Crippen molar-refractivity contribution in [1.82, 2.24) is 0 Å². The molecule has 0 bridgehead atoms. The van der Waals surface area contributed by atoms with E-state index in [-0.39, 0.29) is 10.5 Å². The second-order valence-electron chi connectivity index (χ2n) is 6.22. The quantitative estimate of drug-likeness (QED) is 0.656. The molecule has 0 unspecified atom stereocenters. The Bertz CT molecular complexity index is 1120. The second-order valence-corrected chi connectivity index (χ2v) is 8.59. The molecule has 0 spiro atoms. The first kappa shape index (κ1) is 19.9. The number of aryl methyl sites for hydroxylation is 1. The number of amides is 1. The van der Waals surface area contributed by atoms with Gasteiger partial charge in [-0.3, -0.25) is 9.10 Å². The van der Waals surface area contributed by atoms with E-state index in [1.807, 2.05) is 6.92 Å². The predicted molar refractivity (Wildman–Crippen MR) is 113 cm³/mol. The number of nitrogens with one attached hydrogen (secondary N) is 1. The Morgan fingerprint density at radius 1 is 0.964 bits per heavy atom. The summed E-state index contributed by atoms with van der Waals surface area (Å²) in [6, 6.07) is 19.9. The normalized spacial score (nSPS) is 11.1. The van der Waals surface area contributed by atoms with Gasteiger partial charge in [0.1, 0.15) is 4.90 Å². The average molecular weight is 415 g/mol. The number of carbonyl (C=O) groups excluding carboxylic acids is 1. The minimum Gasteiger partial charge on any atom is -0.322 e. The summed E-state index contributed by atoms with van der Waals surface area (Å²) >= 11 is 5.95. The predicted octanol–water partition coefficient (Wildman–Crippen LogP) is 4.73. The van der Waals surface area contributed by atoms with Gasteiger partial charge in [0.25, 0.3) is 15.9 Å².